The summed E-state index contributed by atoms with van der Waals surface area (Å²) in [5, 5.41) is 3.25. The van der Waals surface area contributed by atoms with Crippen LogP contribution < -0.4 is 5.32 Å². The maximum atomic E-state index is 12.0. The summed E-state index contributed by atoms with van der Waals surface area (Å²) in [5.41, 5.74) is 1.25. The van der Waals surface area contributed by atoms with Crippen LogP contribution in [0.2, 0.25) is 5.02 Å². The van der Waals surface area contributed by atoms with Crippen molar-refractivity contribution in [3.05, 3.63) is 64.9 Å². The summed E-state index contributed by atoms with van der Waals surface area (Å²) in [5.74, 6) is -0.276. The number of rotatable bonds is 7. The Hall–Kier alpha value is -1.96. The fourth-order valence-electron chi connectivity index (χ4n) is 2.05. The van der Waals surface area contributed by atoms with E-state index in [0.29, 0.717) is 10.6 Å². The lowest BCUT2D eigenvalue weighted by Crippen LogP contribution is -2.37. The van der Waals surface area contributed by atoms with E-state index in [4.69, 9.17) is 11.6 Å². The van der Waals surface area contributed by atoms with E-state index in [-0.39, 0.29) is 25.5 Å². The van der Waals surface area contributed by atoms with Gasteiger partial charge in [0.05, 0.1) is 6.26 Å². The van der Waals surface area contributed by atoms with Gasteiger partial charge in [-0.25, -0.2) is 8.42 Å². The normalized spacial score (nSPS) is 11.5. The number of halogens is 1. The molecule has 1 aromatic heterocycles. The highest BCUT2D eigenvalue weighted by molar-refractivity contribution is 7.88. The minimum atomic E-state index is -3.39. The number of nitrogens with zero attached hydrogens (tertiary/aromatic N) is 2. The molecule has 0 spiro atoms. The molecule has 1 heterocycles. The van der Waals surface area contributed by atoms with Gasteiger partial charge in [0.15, 0.2) is 0 Å². The Bertz CT molecular complexity index is 780. The minimum absolute atomic E-state index is 0.174. The number of carbonyl (C=O) groups excluding carboxylic acids is 1. The largest absolute Gasteiger partial charge is 0.351 e. The van der Waals surface area contributed by atoms with Gasteiger partial charge >= 0.3 is 0 Å². The third-order valence-electron chi connectivity index (χ3n) is 3.30. The molecule has 0 aliphatic heterocycles. The Balaban J connectivity index is 1.93. The molecule has 1 aromatic carbocycles. The van der Waals surface area contributed by atoms with E-state index in [1.807, 2.05) is 0 Å². The molecular weight excluding hydrogens is 350 g/mol. The first-order valence-electron chi connectivity index (χ1n) is 7.24. The molecule has 0 aliphatic carbocycles. The van der Waals surface area contributed by atoms with Gasteiger partial charge in [0.1, 0.15) is 0 Å². The van der Waals surface area contributed by atoms with Gasteiger partial charge in [-0.1, -0.05) is 17.7 Å². The Kier molecular flexibility index (Phi) is 6.30. The summed E-state index contributed by atoms with van der Waals surface area (Å²) in [6, 6.07) is 10.0. The number of aromatic nitrogens is 1. The third kappa shape index (κ3) is 5.59. The second-order valence-corrected chi connectivity index (χ2v) is 7.64. The molecule has 0 unspecified atom stereocenters. The zero-order valence-electron chi connectivity index (χ0n) is 13.1. The molecule has 0 saturated carbocycles. The van der Waals surface area contributed by atoms with E-state index >= 15 is 0 Å². The van der Waals surface area contributed by atoms with Crippen LogP contribution in [0.4, 0.5) is 0 Å². The van der Waals surface area contributed by atoms with Crippen molar-refractivity contribution < 1.29 is 13.2 Å². The van der Waals surface area contributed by atoms with Crippen LogP contribution in [-0.4, -0.2) is 43.0 Å². The number of amides is 1. The van der Waals surface area contributed by atoms with Crippen molar-refractivity contribution >= 4 is 27.5 Å². The molecule has 1 N–H and O–H groups in total. The lowest BCUT2D eigenvalue weighted by Gasteiger charge is -2.20. The van der Waals surface area contributed by atoms with Crippen molar-refractivity contribution in [2.24, 2.45) is 0 Å². The van der Waals surface area contributed by atoms with E-state index in [1.54, 1.807) is 48.8 Å². The molecule has 0 bridgehead atoms. The van der Waals surface area contributed by atoms with Crippen LogP contribution >= 0.6 is 11.6 Å². The Morgan fingerprint density at radius 3 is 2.54 bits per heavy atom. The van der Waals surface area contributed by atoms with Gasteiger partial charge in [-0.2, -0.15) is 4.31 Å². The van der Waals surface area contributed by atoms with Crippen LogP contribution in [0.25, 0.3) is 0 Å². The van der Waals surface area contributed by atoms with Crippen molar-refractivity contribution in [1.82, 2.24) is 14.6 Å². The Morgan fingerprint density at radius 1 is 1.25 bits per heavy atom. The van der Waals surface area contributed by atoms with Gasteiger partial charge in [-0.05, 0) is 35.9 Å². The van der Waals surface area contributed by atoms with Gasteiger partial charge in [0.25, 0.3) is 5.91 Å². The van der Waals surface area contributed by atoms with E-state index in [9.17, 15) is 13.2 Å². The lowest BCUT2D eigenvalue weighted by molar-refractivity contribution is 0.0951. The zero-order chi connectivity index (χ0) is 17.6. The van der Waals surface area contributed by atoms with Crippen molar-refractivity contribution in [2.75, 3.05) is 19.3 Å². The SMILES string of the molecule is CS(=O)(=O)N(CCNC(=O)c1ccc(Cl)cc1)Cc1cccnc1. The molecule has 8 heteroatoms. The molecule has 24 heavy (non-hydrogen) atoms. The molecule has 6 nitrogen and oxygen atoms in total. The number of pyridine rings is 1. The van der Waals surface area contributed by atoms with Gasteiger partial charge in [-0.15, -0.1) is 0 Å². The van der Waals surface area contributed by atoms with Crippen LogP contribution in [-0.2, 0) is 16.6 Å². The molecule has 2 rings (SSSR count). The smallest absolute Gasteiger partial charge is 0.251 e. The monoisotopic (exact) mass is 367 g/mol. The maximum absolute atomic E-state index is 12.0. The second kappa shape index (κ2) is 8.23. The van der Waals surface area contributed by atoms with Crippen molar-refractivity contribution in [3.8, 4) is 0 Å². The predicted octanol–water partition coefficient (Wildman–Crippen LogP) is 1.93. The highest BCUT2D eigenvalue weighted by Gasteiger charge is 2.17. The molecule has 1 amide bonds. The molecule has 0 fully saturated rings. The molecule has 0 saturated heterocycles. The van der Waals surface area contributed by atoms with E-state index < -0.39 is 10.0 Å². The van der Waals surface area contributed by atoms with Crippen molar-refractivity contribution in [3.63, 3.8) is 0 Å². The van der Waals surface area contributed by atoms with Crippen LogP contribution in [0.1, 0.15) is 15.9 Å². The first-order valence-corrected chi connectivity index (χ1v) is 9.46. The van der Waals surface area contributed by atoms with E-state index in [1.165, 1.54) is 4.31 Å². The topological polar surface area (TPSA) is 79.4 Å². The van der Waals surface area contributed by atoms with Crippen LogP contribution in [0.5, 0.6) is 0 Å². The molecule has 128 valence electrons. The fraction of sp³-hybridized carbons (Fsp3) is 0.250. The Labute approximate surface area is 146 Å². The second-order valence-electron chi connectivity index (χ2n) is 5.22. The molecule has 0 radical (unpaired) electrons. The van der Waals surface area contributed by atoms with Crippen LogP contribution in [0.3, 0.4) is 0 Å². The van der Waals surface area contributed by atoms with E-state index in [0.717, 1.165) is 11.8 Å². The van der Waals surface area contributed by atoms with Crippen LogP contribution in [0.15, 0.2) is 48.8 Å². The molecule has 0 atom stereocenters. The summed E-state index contributed by atoms with van der Waals surface area (Å²) in [7, 11) is -3.39. The van der Waals surface area contributed by atoms with Gasteiger partial charge < -0.3 is 5.32 Å². The van der Waals surface area contributed by atoms with Gasteiger partial charge in [0.2, 0.25) is 10.0 Å². The highest BCUT2D eigenvalue weighted by Crippen LogP contribution is 2.09. The molecule has 0 aliphatic rings. The van der Waals surface area contributed by atoms with Gasteiger partial charge in [-0.3, -0.25) is 9.78 Å². The maximum Gasteiger partial charge on any atom is 0.251 e. The van der Waals surface area contributed by atoms with E-state index in [2.05, 4.69) is 10.3 Å². The standard InChI is InChI=1S/C16H18ClN3O3S/c1-24(22,23)20(12-13-3-2-8-18-11-13)10-9-19-16(21)14-4-6-15(17)7-5-14/h2-8,11H,9-10,12H2,1H3,(H,19,21). The third-order valence-corrected chi connectivity index (χ3v) is 4.81. The average Bonchev–Trinajstić information content (AvgIpc) is 2.54. The van der Waals surface area contributed by atoms with Crippen molar-refractivity contribution in [2.45, 2.75) is 6.54 Å². The number of benzene rings is 1. The first kappa shape index (κ1) is 18.4. The van der Waals surface area contributed by atoms with Gasteiger partial charge in [0, 0.05) is 42.6 Å². The number of sulfonamides is 1. The lowest BCUT2D eigenvalue weighted by atomic mass is 10.2. The first-order chi connectivity index (χ1) is 11.4. The highest BCUT2D eigenvalue weighted by atomic mass is 35.5. The Morgan fingerprint density at radius 2 is 1.96 bits per heavy atom. The summed E-state index contributed by atoms with van der Waals surface area (Å²) in [6.45, 7) is 0.589. The summed E-state index contributed by atoms with van der Waals surface area (Å²) >= 11 is 5.78. The molecular formula is C16H18ClN3O3S. The summed E-state index contributed by atoms with van der Waals surface area (Å²) in [4.78, 5) is 16.0. The zero-order valence-corrected chi connectivity index (χ0v) is 14.7. The predicted molar refractivity (Wildman–Crippen MR) is 93.3 cm³/mol. The fourth-order valence-corrected chi connectivity index (χ4v) is 2.99. The summed E-state index contributed by atoms with van der Waals surface area (Å²) in [6.07, 6.45) is 4.38. The number of nitrogens with one attached hydrogen (secondary N) is 1. The average molecular weight is 368 g/mol. The summed E-state index contributed by atoms with van der Waals surface area (Å²) < 4.78 is 25.1. The van der Waals surface area contributed by atoms with Crippen LogP contribution in [0, 0.1) is 0 Å². The number of carbonyl (C=O) groups is 1. The van der Waals surface area contributed by atoms with Crippen molar-refractivity contribution in [1.29, 1.82) is 0 Å². The quantitative estimate of drug-likeness (QED) is 0.810. The number of hydrogen-bond donors (Lipinski definition) is 1. The number of hydrogen-bond acceptors (Lipinski definition) is 4. The molecule has 2 aromatic rings. The minimum Gasteiger partial charge on any atom is -0.351 e.